The zero-order chi connectivity index (χ0) is 17.9. The smallest absolute Gasteiger partial charge is 0.263 e. The maximum atomic E-state index is 12.3. The molecule has 1 aromatic carbocycles. The first-order chi connectivity index (χ1) is 12.0. The van der Waals surface area contributed by atoms with Gasteiger partial charge >= 0.3 is 0 Å². The first-order valence-corrected chi connectivity index (χ1v) is 9.93. The molecule has 1 aliphatic rings. The van der Waals surface area contributed by atoms with E-state index in [0.29, 0.717) is 5.02 Å². The molecule has 1 N–H and O–H groups in total. The highest BCUT2D eigenvalue weighted by Crippen LogP contribution is 2.18. The first kappa shape index (κ1) is 17.9. The molecular formula is C16H20ClN5O2S. The number of likely N-dealkylation sites (N-methyl/N-ethyl adjacent to an activating group) is 1. The fraction of sp³-hybridized carbons (Fsp3) is 0.375. The van der Waals surface area contributed by atoms with Crippen molar-refractivity contribution in [2.75, 3.05) is 42.3 Å². The number of aromatic nitrogens is 2. The van der Waals surface area contributed by atoms with E-state index < -0.39 is 10.0 Å². The van der Waals surface area contributed by atoms with Crippen molar-refractivity contribution in [3.8, 4) is 0 Å². The van der Waals surface area contributed by atoms with Crippen LogP contribution in [0.2, 0.25) is 5.02 Å². The number of anilines is 2. The third kappa shape index (κ3) is 4.39. The first-order valence-electron chi connectivity index (χ1n) is 8.07. The number of hydrogen-bond donors (Lipinski definition) is 1. The quantitative estimate of drug-likeness (QED) is 0.854. The van der Waals surface area contributed by atoms with Gasteiger partial charge < -0.3 is 9.80 Å². The highest BCUT2D eigenvalue weighted by Gasteiger charge is 2.18. The summed E-state index contributed by atoms with van der Waals surface area (Å²) in [5.41, 5.74) is 0. The summed E-state index contributed by atoms with van der Waals surface area (Å²) in [7, 11) is -3.71. The van der Waals surface area contributed by atoms with Crippen LogP contribution in [0, 0.1) is 0 Å². The standard InChI is InChI=1S/C16H20ClN5O2S/c1-2-21-9-11-22(12-10-21)16-8-7-15(18-19-16)20-25(23,24)14-5-3-13(17)4-6-14/h3-8H,2,9-12H2,1H3,(H,18,20). The van der Waals surface area contributed by atoms with Crippen LogP contribution in [0.4, 0.5) is 11.6 Å². The Bertz CT molecular complexity index is 803. The lowest BCUT2D eigenvalue weighted by Gasteiger charge is -2.34. The van der Waals surface area contributed by atoms with Gasteiger partial charge in [0.1, 0.15) is 0 Å². The molecule has 9 heteroatoms. The van der Waals surface area contributed by atoms with E-state index in [-0.39, 0.29) is 10.7 Å². The van der Waals surface area contributed by atoms with E-state index in [1.54, 1.807) is 12.1 Å². The highest BCUT2D eigenvalue weighted by atomic mass is 35.5. The number of nitrogens with one attached hydrogen (secondary N) is 1. The van der Waals surface area contributed by atoms with Crippen molar-refractivity contribution < 1.29 is 8.42 Å². The Kier molecular flexibility index (Phi) is 5.41. The molecule has 0 atom stereocenters. The molecule has 2 aromatic rings. The molecule has 7 nitrogen and oxygen atoms in total. The second kappa shape index (κ2) is 7.55. The van der Waals surface area contributed by atoms with E-state index in [2.05, 4.69) is 31.6 Å². The summed E-state index contributed by atoms with van der Waals surface area (Å²) >= 11 is 5.79. The molecule has 0 aliphatic carbocycles. The van der Waals surface area contributed by atoms with Gasteiger partial charge in [-0.3, -0.25) is 4.72 Å². The molecule has 0 bridgehead atoms. The van der Waals surface area contributed by atoms with Gasteiger partial charge in [-0.25, -0.2) is 8.42 Å². The zero-order valence-corrected chi connectivity index (χ0v) is 15.5. The van der Waals surface area contributed by atoms with Crippen molar-refractivity contribution >= 4 is 33.3 Å². The molecule has 3 rings (SSSR count). The fourth-order valence-electron chi connectivity index (χ4n) is 2.65. The SMILES string of the molecule is CCN1CCN(c2ccc(NS(=O)(=O)c3ccc(Cl)cc3)nn2)CC1. The zero-order valence-electron chi connectivity index (χ0n) is 13.9. The van der Waals surface area contributed by atoms with Gasteiger partial charge in [-0.15, -0.1) is 10.2 Å². The number of benzene rings is 1. The van der Waals surface area contributed by atoms with E-state index in [1.165, 1.54) is 24.3 Å². The van der Waals surface area contributed by atoms with Gasteiger partial charge in [0.2, 0.25) is 0 Å². The molecule has 0 spiro atoms. The minimum atomic E-state index is -3.71. The second-order valence-electron chi connectivity index (χ2n) is 5.76. The van der Waals surface area contributed by atoms with E-state index in [4.69, 9.17) is 11.6 Å². The lowest BCUT2D eigenvalue weighted by molar-refractivity contribution is 0.270. The van der Waals surface area contributed by atoms with Gasteiger partial charge in [-0.2, -0.15) is 0 Å². The van der Waals surface area contributed by atoms with Gasteiger partial charge in [0, 0.05) is 31.2 Å². The number of sulfonamides is 1. The molecule has 134 valence electrons. The minimum Gasteiger partial charge on any atom is -0.353 e. The third-order valence-electron chi connectivity index (χ3n) is 4.16. The van der Waals surface area contributed by atoms with E-state index in [0.717, 1.165) is 38.5 Å². The number of rotatable bonds is 5. The van der Waals surface area contributed by atoms with Gasteiger partial charge in [-0.1, -0.05) is 18.5 Å². The van der Waals surface area contributed by atoms with Gasteiger partial charge in [-0.05, 0) is 42.9 Å². The van der Waals surface area contributed by atoms with E-state index in [9.17, 15) is 8.42 Å². The summed E-state index contributed by atoms with van der Waals surface area (Å²) in [4.78, 5) is 4.65. The Morgan fingerprint density at radius 1 is 1.04 bits per heavy atom. The Balaban J connectivity index is 1.67. The Hall–Kier alpha value is -1.90. The lowest BCUT2D eigenvalue weighted by atomic mass is 10.3. The average molecular weight is 382 g/mol. The summed E-state index contributed by atoms with van der Waals surface area (Å²) < 4.78 is 27.1. The summed E-state index contributed by atoms with van der Waals surface area (Å²) in [5, 5.41) is 8.63. The summed E-state index contributed by atoms with van der Waals surface area (Å²) in [6.45, 7) is 6.95. The summed E-state index contributed by atoms with van der Waals surface area (Å²) in [5.74, 6) is 0.941. The molecule has 2 heterocycles. The van der Waals surface area contributed by atoms with Crippen LogP contribution in [-0.4, -0.2) is 56.2 Å². The lowest BCUT2D eigenvalue weighted by Crippen LogP contribution is -2.46. The maximum absolute atomic E-state index is 12.3. The molecule has 0 radical (unpaired) electrons. The Labute approximate surface area is 152 Å². The van der Waals surface area contributed by atoms with Crippen LogP contribution in [-0.2, 0) is 10.0 Å². The Morgan fingerprint density at radius 2 is 1.72 bits per heavy atom. The number of piperazine rings is 1. The van der Waals surface area contributed by atoms with E-state index >= 15 is 0 Å². The molecule has 1 fully saturated rings. The monoisotopic (exact) mass is 381 g/mol. The normalized spacial score (nSPS) is 16.0. The maximum Gasteiger partial charge on any atom is 0.263 e. The molecular weight excluding hydrogens is 362 g/mol. The highest BCUT2D eigenvalue weighted by molar-refractivity contribution is 7.92. The minimum absolute atomic E-state index is 0.124. The van der Waals surface area contributed by atoms with Crippen LogP contribution in [0.25, 0.3) is 0 Å². The topological polar surface area (TPSA) is 78.4 Å². The van der Waals surface area contributed by atoms with Crippen LogP contribution in [0.3, 0.4) is 0 Å². The summed E-state index contributed by atoms with van der Waals surface area (Å²) in [6.07, 6.45) is 0. The van der Waals surface area contributed by atoms with Crippen molar-refractivity contribution in [2.24, 2.45) is 0 Å². The van der Waals surface area contributed by atoms with Gasteiger partial charge in [0.25, 0.3) is 10.0 Å². The molecule has 1 aliphatic heterocycles. The van der Waals surface area contributed by atoms with Crippen molar-refractivity contribution in [3.05, 3.63) is 41.4 Å². The molecule has 1 aromatic heterocycles. The van der Waals surface area contributed by atoms with Crippen molar-refractivity contribution in [1.29, 1.82) is 0 Å². The van der Waals surface area contributed by atoms with Crippen LogP contribution in [0.1, 0.15) is 6.92 Å². The molecule has 0 unspecified atom stereocenters. The molecule has 25 heavy (non-hydrogen) atoms. The molecule has 1 saturated heterocycles. The predicted octanol–water partition coefficient (Wildman–Crippen LogP) is 2.07. The van der Waals surface area contributed by atoms with Gasteiger partial charge in [0.05, 0.1) is 4.90 Å². The van der Waals surface area contributed by atoms with Crippen LogP contribution in [0.5, 0.6) is 0 Å². The van der Waals surface area contributed by atoms with Crippen LogP contribution < -0.4 is 9.62 Å². The Morgan fingerprint density at radius 3 is 2.28 bits per heavy atom. The summed E-state index contributed by atoms with van der Waals surface area (Å²) in [6, 6.07) is 9.36. The number of halogens is 1. The average Bonchev–Trinajstić information content (AvgIpc) is 2.62. The van der Waals surface area contributed by atoms with Crippen LogP contribution in [0.15, 0.2) is 41.3 Å². The van der Waals surface area contributed by atoms with E-state index in [1.807, 2.05) is 0 Å². The van der Waals surface area contributed by atoms with Crippen LogP contribution >= 0.6 is 11.6 Å². The predicted molar refractivity (Wildman–Crippen MR) is 98.6 cm³/mol. The number of nitrogens with zero attached hydrogens (tertiary/aromatic N) is 4. The molecule has 0 saturated carbocycles. The fourth-order valence-corrected chi connectivity index (χ4v) is 3.77. The van der Waals surface area contributed by atoms with Gasteiger partial charge in [0.15, 0.2) is 11.6 Å². The third-order valence-corrected chi connectivity index (χ3v) is 5.78. The largest absolute Gasteiger partial charge is 0.353 e. The molecule has 0 amide bonds. The van der Waals surface area contributed by atoms with Crippen molar-refractivity contribution in [1.82, 2.24) is 15.1 Å². The number of hydrogen-bond acceptors (Lipinski definition) is 6. The van der Waals surface area contributed by atoms with Crippen molar-refractivity contribution in [2.45, 2.75) is 11.8 Å². The van der Waals surface area contributed by atoms with Crippen molar-refractivity contribution in [3.63, 3.8) is 0 Å². The second-order valence-corrected chi connectivity index (χ2v) is 7.88.